The molecule has 0 amide bonds. The maximum Gasteiger partial charge on any atom is 0.203 e. The van der Waals surface area contributed by atoms with E-state index in [-0.39, 0.29) is 0 Å². The van der Waals surface area contributed by atoms with E-state index in [1.165, 1.54) is 11.3 Å². The lowest BCUT2D eigenvalue weighted by Gasteiger charge is -2.13. The molecule has 7 heteroatoms. The minimum Gasteiger partial charge on any atom is -0.493 e. The first-order valence-corrected chi connectivity index (χ1v) is 9.58. The molecule has 5 nitrogen and oxygen atoms in total. The largest absolute Gasteiger partial charge is 0.493 e. The Bertz CT molecular complexity index is 894. The number of para-hydroxylation sites is 1. The van der Waals surface area contributed by atoms with Gasteiger partial charge in [-0.1, -0.05) is 34.1 Å². The lowest BCUT2D eigenvalue weighted by molar-refractivity contribution is 0.284. The number of nitrogens with one attached hydrogen (secondary N) is 1. The van der Waals surface area contributed by atoms with Crippen molar-refractivity contribution in [3.63, 3.8) is 0 Å². The molecule has 134 valence electrons. The summed E-state index contributed by atoms with van der Waals surface area (Å²) < 4.78 is 12.5. The number of aryl methyl sites for hydroxylation is 1. The Hall–Kier alpha value is -2.38. The van der Waals surface area contributed by atoms with Crippen molar-refractivity contribution in [1.82, 2.24) is 4.98 Å². The fourth-order valence-electron chi connectivity index (χ4n) is 2.25. The first-order valence-electron chi connectivity index (χ1n) is 7.91. The monoisotopic (exact) mass is 431 g/mol. The molecule has 1 aromatic heterocycles. The molecule has 0 aliphatic heterocycles. The molecular formula is C19H18BrN3O2S. The van der Waals surface area contributed by atoms with Gasteiger partial charge in [-0.25, -0.2) is 4.98 Å². The summed E-state index contributed by atoms with van der Waals surface area (Å²) in [7, 11) is 1.62. The number of anilines is 1. The minimum absolute atomic E-state index is 0.438. The van der Waals surface area contributed by atoms with Gasteiger partial charge in [-0.05, 0) is 36.8 Å². The third kappa shape index (κ3) is 4.83. The summed E-state index contributed by atoms with van der Waals surface area (Å²) in [6.45, 7) is 2.38. The molecule has 0 fully saturated rings. The van der Waals surface area contributed by atoms with Gasteiger partial charge < -0.3 is 9.47 Å². The average molecular weight is 432 g/mol. The average Bonchev–Trinajstić information content (AvgIpc) is 3.07. The lowest BCUT2D eigenvalue weighted by atomic mass is 10.2. The topological polar surface area (TPSA) is 55.7 Å². The number of hydrogen-bond acceptors (Lipinski definition) is 6. The van der Waals surface area contributed by atoms with Crippen LogP contribution < -0.4 is 14.9 Å². The van der Waals surface area contributed by atoms with Crippen LogP contribution in [0.4, 0.5) is 5.13 Å². The maximum atomic E-state index is 6.02. The molecular weight excluding hydrogens is 414 g/mol. The van der Waals surface area contributed by atoms with Crippen molar-refractivity contribution in [3.8, 4) is 11.5 Å². The standard InChI is InChI=1S/C19H18BrN3O2S/c1-13-12-26-19(22-13)23-21-10-15-4-3-5-17(24-2)18(15)25-11-14-6-8-16(20)9-7-14/h3-10,12H,11H2,1-2H3,(H,22,23). The highest BCUT2D eigenvalue weighted by molar-refractivity contribution is 9.10. The van der Waals surface area contributed by atoms with E-state index in [1.54, 1.807) is 13.3 Å². The Morgan fingerprint density at radius 3 is 2.73 bits per heavy atom. The molecule has 1 N–H and O–H groups in total. The number of benzene rings is 2. The van der Waals surface area contributed by atoms with E-state index >= 15 is 0 Å². The SMILES string of the molecule is COc1cccc(C=NNc2nc(C)cs2)c1OCc1ccc(Br)cc1. The fraction of sp³-hybridized carbons (Fsp3) is 0.158. The van der Waals surface area contributed by atoms with Crippen molar-refractivity contribution in [2.75, 3.05) is 12.5 Å². The zero-order valence-electron chi connectivity index (χ0n) is 14.4. The van der Waals surface area contributed by atoms with Gasteiger partial charge in [0.15, 0.2) is 11.5 Å². The van der Waals surface area contributed by atoms with Crippen LogP contribution >= 0.6 is 27.3 Å². The van der Waals surface area contributed by atoms with Crippen LogP contribution in [0.3, 0.4) is 0 Å². The third-order valence-corrected chi connectivity index (χ3v) is 4.90. The fourth-order valence-corrected chi connectivity index (χ4v) is 3.15. The zero-order chi connectivity index (χ0) is 18.4. The highest BCUT2D eigenvalue weighted by Gasteiger charge is 2.10. The highest BCUT2D eigenvalue weighted by atomic mass is 79.9. The summed E-state index contributed by atoms with van der Waals surface area (Å²) in [5.41, 5.74) is 5.79. The number of aromatic nitrogens is 1. The van der Waals surface area contributed by atoms with Crippen LogP contribution in [0, 0.1) is 6.92 Å². The number of ether oxygens (including phenoxy) is 2. The van der Waals surface area contributed by atoms with Gasteiger partial charge in [-0.3, -0.25) is 5.43 Å². The first-order chi connectivity index (χ1) is 12.7. The number of nitrogens with zero attached hydrogens (tertiary/aromatic N) is 2. The zero-order valence-corrected chi connectivity index (χ0v) is 16.8. The number of rotatable bonds is 7. The normalized spacial score (nSPS) is 10.9. The van der Waals surface area contributed by atoms with Gasteiger partial charge in [-0.2, -0.15) is 5.10 Å². The predicted octanol–water partition coefficient (Wildman–Crippen LogP) is 5.25. The van der Waals surface area contributed by atoms with Gasteiger partial charge in [-0.15, -0.1) is 11.3 Å². The van der Waals surface area contributed by atoms with Crippen LogP contribution in [-0.2, 0) is 6.61 Å². The Kier molecular flexibility index (Phi) is 6.25. The second kappa shape index (κ2) is 8.82. The smallest absolute Gasteiger partial charge is 0.203 e. The van der Waals surface area contributed by atoms with Gasteiger partial charge >= 0.3 is 0 Å². The van der Waals surface area contributed by atoms with Gasteiger partial charge in [0.1, 0.15) is 6.61 Å². The molecule has 26 heavy (non-hydrogen) atoms. The molecule has 0 atom stereocenters. The summed E-state index contributed by atoms with van der Waals surface area (Å²) in [4.78, 5) is 4.31. The second-order valence-corrected chi connectivity index (χ2v) is 7.23. The Morgan fingerprint density at radius 1 is 1.23 bits per heavy atom. The van der Waals surface area contributed by atoms with Crippen LogP contribution in [0.2, 0.25) is 0 Å². The van der Waals surface area contributed by atoms with E-state index in [0.29, 0.717) is 18.1 Å². The van der Waals surface area contributed by atoms with Crippen LogP contribution in [0.1, 0.15) is 16.8 Å². The highest BCUT2D eigenvalue weighted by Crippen LogP contribution is 2.31. The van der Waals surface area contributed by atoms with Gasteiger partial charge in [0.2, 0.25) is 5.13 Å². The van der Waals surface area contributed by atoms with E-state index < -0.39 is 0 Å². The van der Waals surface area contributed by atoms with Crippen molar-refractivity contribution in [2.24, 2.45) is 5.10 Å². The summed E-state index contributed by atoms with van der Waals surface area (Å²) in [6.07, 6.45) is 1.70. The van der Waals surface area contributed by atoms with E-state index in [2.05, 4.69) is 31.4 Å². The van der Waals surface area contributed by atoms with Crippen LogP contribution in [0.15, 0.2) is 57.4 Å². The number of methoxy groups -OCH3 is 1. The Labute approximate surface area is 164 Å². The maximum absolute atomic E-state index is 6.02. The summed E-state index contributed by atoms with van der Waals surface area (Å²) in [5.74, 6) is 1.31. The molecule has 0 aliphatic rings. The summed E-state index contributed by atoms with van der Waals surface area (Å²) in [5, 5.41) is 6.98. The number of hydrazone groups is 1. The third-order valence-electron chi connectivity index (χ3n) is 3.51. The first kappa shape index (κ1) is 18.4. The van der Waals surface area contributed by atoms with Crippen LogP contribution in [0.5, 0.6) is 11.5 Å². The van der Waals surface area contributed by atoms with Gasteiger partial charge in [0.25, 0.3) is 0 Å². The molecule has 0 bridgehead atoms. The van der Waals surface area contributed by atoms with Crippen LogP contribution in [-0.4, -0.2) is 18.3 Å². The molecule has 0 saturated heterocycles. The molecule has 3 aromatic rings. The Balaban J connectivity index is 1.75. The molecule has 3 rings (SSSR count). The van der Waals surface area contributed by atoms with Gasteiger partial charge in [0, 0.05) is 15.4 Å². The molecule has 0 saturated carbocycles. The number of halogens is 1. The van der Waals surface area contributed by atoms with Crippen molar-refractivity contribution in [2.45, 2.75) is 13.5 Å². The van der Waals surface area contributed by atoms with Crippen LogP contribution in [0.25, 0.3) is 0 Å². The van der Waals surface area contributed by atoms with E-state index in [1.807, 2.05) is 54.8 Å². The molecule has 0 spiro atoms. The van der Waals surface area contributed by atoms with E-state index in [4.69, 9.17) is 9.47 Å². The predicted molar refractivity (Wildman–Crippen MR) is 110 cm³/mol. The van der Waals surface area contributed by atoms with Crippen molar-refractivity contribution < 1.29 is 9.47 Å². The summed E-state index contributed by atoms with van der Waals surface area (Å²) in [6, 6.07) is 13.7. The lowest BCUT2D eigenvalue weighted by Crippen LogP contribution is -2.01. The Morgan fingerprint density at radius 2 is 2.04 bits per heavy atom. The molecule has 2 aromatic carbocycles. The van der Waals surface area contributed by atoms with Crippen molar-refractivity contribution in [1.29, 1.82) is 0 Å². The molecule has 0 unspecified atom stereocenters. The molecule has 1 heterocycles. The van der Waals surface area contributed by atoms with Gasteiger partial charge in [0.05, 0.1) is 19.0 Å². The quantitative estimate of drug-likeness (QED) is 0.410. The van der Waals surface area contributed by atoms with E-state index in [0.717, 1.165) is 26.4 Å². The van der Waals surface area contributed by atoms with E-state index in [9.17, 15) is 0 Å². The molecule has 0 aliphatic carbocycles. The minimum atomic E-state index is 0.438. The van der Waals surface area contributed by atoms with Crippen molar-refractivity contribution in [3.05, 3.63) is 69.1 Å². The molecule has 0 radical (unpaired) electrons. The second-order valence-electron chi connectivity index (χ2n) is 5.46. The number of hydrogen-bond donors (Lipinski definition) is 1. The summed E-state index contributed by atoms with van der Waals surface area (Å²) >= 11 is 4.95. The van der Waals surface area contributed by atoms with Crippen molar-refractivity contribution >= 4 is 38.6 Å². The number of thiazole rings is 1.